The molecule has 0 aliphatic carbocycles. The van der Waals surface area contributed by atoms with E-state index in [-0.39, 0.29) is 12.4 Å². The van der Waals surface area contributed by atoms with E-state index in [2.05, 4.69) is 31.6 Å². The number of hydrogen-bond donors (Lipinski definition) is 3. The largest absolute Gasteiger partial charge is 0.384 e. The minimum absolute atomic E-state index is 0.210. The van der Waals surface area contributed by atoms with Gasteiger partial charge >= 0.3 is 0 Å². The van der Waals surface area contributed by atoms with Crippen LogP contribution in [-0.2, 0) is 12.1 Å². The molecule has 0 bridgehead atoms. The number of guanidine groups is 1. The van der Waals surface area contributed by atoms with Crippen molar-refractivity contribution in [3.8, 4) is 0 Å². The van der Waals surface area contributed by atoms with Crippen LogP contribution in [-0.4, -0.2) is 24.2 Å². The summed E-state index contributed by atoms with van der Waals surface area (Å²) in [6.45, 7) is 4.89. The van der Waals surface area contributed by atoms with Crippen LogP contribution in [0.4, 0.5) is 4.39 Å². The summed E-state index contributed by atoms with van der Waals surface area (Å²) in [5, 5.41) is 20.6. The SMILES string of the molecule is CCNC(=NCc1cc(Br)ccc1F)NCC(C)(O)c1ccsc1. The Morgan fingerprint density at radius 3 is 2.83 bits per heavy atom. The second kappa shape index (κ2) is 8.60. The fourth-order valence-electron chi connectivity index (χ4n) is 2.10. The van der Waals surface area contributed by atoms with Crippen LogP contribution in [0.5, 0.6) is 0 Å². The zero-order valence-corrected chi connectivity index (χ0v) is 16.0. The zero-order valence-electron chi connectivity index (χ0n) is 13.6. The van der Waals surface area contributed by atoms with Gasteiger partial charge in [-0.25, -0.2) is 9.38 Å². The Balaban J connectivity index is 2.04. The number of rotatable bonds is 6. The fourth-order valence-corrected chi connectivity index (χ4v) is 3.29. The Hall–Kier alpha value is -1.44. The quantitative estimate of drug-likeness (QED) is 0.500. The minimum atomic E-state index is -1.00. The smallest absolute Gasteiger partial charge is 0.191 e. The Bertz CT molecular complexity index is 689. The van der Waals surface area contributed by atoms with Crippen molar-refractivity contribution in [3.05, 3.63) is 56.4 Å². The lowest BCUT2D eigenvalue weighted by Gasteiger charge is -2.24. The summed E-state index contributed by atoms with van der Waals surface area (Å²) in [7, 11) is 0. The van der Waals surface area contributed by atoms with Crippen LogP contribution in [0.2, 0.25) is 0 Å². The van der Waals surface area contributed by atoms with Gasteiger partial charge in [0.15, 0.2) is 5.96 Å². The average molecular weight is 414 g/mol. The van der Waals surface area contributed by atoms with E-state index in [0.717, 1.165) is 10.0 Å². The molecule has 0 saturated carbocycles. The van der Waals surface area contributed by atoms with Gasteiger partial charge in [-0.1, -0.05) is 15.9 Å². The number of aliphatic imine (C=N–C) groups is 1. The third-order valence-corrected chi connectivity index (χ3v) is 4.68. The van der Waals surface area contributed by atoms with Gasteiger partial charge in [-0.2, -0.15) is 11.3 Å². The Kier molecular flexibility index (Phi) is 6.77. The molecule has 0 aliphatic rings. The number of halogens is 2. The van der Waals surface area contributed by atoms with E-state index >= 15 is 0 Å². The van der Waals surface area contributed by atoms with E-state index in [9.17, 15) is 9.50 Å². The van der Waals surface area contributed by atoms with Crippen molar-refractivity contribution in [1.29, 1.82) is 0 Å². The van der Waals surface area contributed by atoms with Gasteiger partial charge in [0.2, 0.25) is 0 Å². The number of nitrogens with one attached hydrogen (secondary N) is 2. The molecule has 2 aromatic rings. The monoisotopic (exact) mass is 413 g/mol. The third kappa shape index (κ3) is 5.29. The molecule has 7 heteroatoms. The molecule has 0 spiro atoms. The van der Waals surface area contributed by atoms with E-state index < -0.39 is 5.60 Å². The minimum Gasteiger partial charge on any atom is -0.384 e. The van der Waals surface area contributed by atoms with Crippen LogP contribution < -0.4 is 10.6 Å². The van der Waals surface area contributed by atoms with E-state index in [1.165, 1.54) is 6.07 Å². The van der Waals surface area contributed by atoms with Gasteiger partial charge in [0.25, 0.3) is 0 Å². The molecule has 1 unspecified atom stereocenters. The highest BCUT2D eigenvalue weighted by molar-refractivity contribution is 9.10. The first-order valence-corrected chi connectivity index (χ1v) is 9.37. The molecule has 0 radical (unpaired) electrons. The second-order valence-corrected chi connectivity index (χ2v) is 7.27. The molecule has 4 nitrogen and oxygen atoms in total. The van der Waals surface area contributed by atoms with Crippen molar-refractivity contribution < 1.29 is 9.50 Å². The third-order valence-electron chi connectivity index (χ3n) is 3.50. The van der Waals surface area contributed by atoms with E-state index in [1.54, 1.807) is 30.4 Å². The number of thiophene rings is 1. The van der Waals surface area contributed by atoms with Crippen molar-refractivity contribution in [3.63, 3.8) is 0 Å². The Morgan fingerprint density at radius 1 is 1.38 bits per heavy atom. The van der Waals surface area contributed by atoms with Gasteiger partial charge in [-0.3, -0.25) is 0 Å². The van der Waals surface area contributed by atoms with Crippen molar-refractivity contribution in [2.45, 2.75) is 26.0 Å². The zero-order chi connectivity index (χ0) is 17.6. The highest BCUT2D eigenvalue weighted by Crippen LogP contribution is 2.22. The predicted octanol–water partition coefficient (Wildman–Crippen LogP) is 3.61. The lowest BCUT2D eigenvalue weighted by Crippen LogP contribution is -2.44. The molecule has 1 aromatic heterocycles. The molecule has 0 fully saturated rings. The normalized spacial score (nSPS) is 14.3. The molecule has 1 atom stereocenters. The maximum Gasteiger partial charge on any atom is 0.191 e. The predicted molar refractivity (Wildman–Crippen MR) is 101 cm³/mol. The Morgan fingerprint density at radius 2 is 2.17 bits per heavy atom. The fraction of sp³-hybridized carbons (Fsp3) is 0.353. The van der Waals surface area contributed by atoms with Crippen LogP contribution >= 0.6 is 27.3 Å². The van der Waals surface area contributed by atoms with Gasteiger partial charge < -0.3 is 15.7 Å². The summed E-state index contributed by atoms with van der Waals surface area (Å²) >= 11 is 4.88. The van der Waals surface area contributed by atoms with Crippen molar-refractivity contribution in [1.82, 2.24) is 10.6 Å². The molecular formula is C17H21BrFN3OS. The summed E-state index contributed by atoms with van der Waals surface area (Å²) < 4.78 is 14.6. The summed E-state index contributed by atoms with van der Waals surface area (Å²) in [4.78, 5) is 4.40. The first kappa shape index (κ1) is 18.9. The molecular weight excluding hydrogens is 393 g/mol. The summed E-state index contributed by atoms with van der Waals surface area (Å²) in [5.74, 6) is 0.246. The average Bonchev–Trinajstić information content (AvgIpc) is 3.08. The van der Waals surface area contributed by atoms with Gasteiger partial charge in [-0.05, 0) is 54.4 Å². The number of benzene rings is 1. The van der Waals surface area contributed by atoms with Crippen molar-refractivity contribution >= 4 is 33.2 Å². The van der Waals surface area contributed by atoms with E-state index in [4.69, 9.17) is 0 Å². The van der Waals surface area contributed by atoms with Crippen LogP contribution in [0.1, 0.15) is 25.0 Å². The van der Waals surface area contributed by atoms with Gasteiger partial charge in [0.05, 0.1) is 13.1 Å². The topological polar surface area (TPSA) is 56.7 Å². The molecule has 130 valence electrons. The summed E-state index contributed by atoms with van der Waals surface area (Å²) in [6, 6.07) is 6.68. The Labute approximate surface area is 154 Å². The lowest BCUT2D eigenvalue weighted by molar-refractivity contribution is 0.0621. The molecule has 24 heavy (non-hydrogen) atoms. The summed E-state index contributed by atoms with van der Waals surface area (Å²) in [6.07, 6.45) is 0. The van der Waals surface area contributed by atoms with Gasteiger partial charge in [0.1, 0.15) is 11.4 Å². The molecule has 0 saturated heterocycles. The highest BCUT2D eigenvalue weighted by Gasteiger charge is 2.23. The first-order valence-electron chi connectivity index (χ1n) is 7.63. The number of hydrogen-bond acceptors (Lipinski definition) is 3. The molecule has 1 aromatic carbocycles. The number of aliphatic hydroxyl groups is 1. The van der Waals surface area contributed by atoms with E-state index in [0.29, 0.717) is 24.6 Å². The van der Waals surface area contributed by atoms with Crippen LogP contribution in [0.3, 0.4) is 0 Å². The van der Waals surface area contributed by atoms with Crippen molar-refractivity contribution in [2.24, 2.45) is 4.99 Å². The molecule has 3 N–H and O–H groups in total. The van der Waals surface area contributed by atoms with Crippen LogP contribution in [0.25, 0.3) is 0 Å². The maximum absolute atomic E-state index is 13.8. The highest BCUT2D eigenvalue weighted by atomic mass is 79.9. The standard InChI is InChI=1S/C17H21BrFN3OS/c1-3-20-16(21-9-12-8-14(18)4-5-15(12)19)22-11-17(2,23)13-6-7-24-10-13/h4-8,10,23H,3,9,11H2,1-2H3,(H2,20,21,22). The van der Waals surface area contributed by atoms with Crippen molar-refractivity contribution in [2.75, 3.05) is 13.1 Å². The number of nitrogens with zero attached hydrogens (tertiary/aromatic N) is 1. The lowest BCUT2D eigenvalue weighted by atomic mass is 9.99. The molecule has 2 rings (SSSR count). The summed E-state index contributed by atoms with van der Waals surface area (Å²) in [5.41, 5.74) is 0.358. The first-order chi connectivity index (χ1) is 11.4. The second-order valence-electron chi connectivity index (χ2n) is 5.57. The molecule has 1 heterocycles. The van der Waals surface area contributed by atoms with E-state index in [1.807, 2.05) is 23.8 Å². The van der Waals surface area contributed by atoms with Crippen LogP contribution in [0.15, 0.2) is 44.5 Å². The molecule has 0 amide bonds. The molecule has 0 aliphatic heterocycles. The maximum atomic E-state index is 13.8. The van der Waals surface area contributed by atoms with Gasteiger partial charge in [0, 0.05) is 16.6 Å². The van der Waals surface area contributed by atoms with Gasteiger partial charge in [-0.15, -0.1) is 0 Å². The van der Waals surface area contributed by atoms with Crippen LogP contribution in [0, 0.1) is 5.82 Å².